The van der Waals surface area contributed by atoms with Gasteiger partial charge in [0, 0.05) is 6.07 Å². The van der Waals surface area contributed by atoms with Gasteiger partial charge in [-0.05, 0) is 0 Å². The number of benzene rings is 1. The molecule has 0 saturated heterocycles. The van der Waals surface area contributed by atoms with Gasteiger partial charge in [0.15, 0.2) is 0 Å². The molecule has 0 fully saturated rings. The summed E-state index contributed by atoms with van der Waals surface area (Å²) in [6.07, 6.45) is 0. The number of hydrogen-bond donors (Lipinski definition) is 1. The summed E-state index contributed by atoms with van der Waals surface area (Å²) < 4.78 is 29.8. The highest BCUT2D eigenvalue weighted by Crippen LogP contribution is 2.31. The molecule has 17 heavy (non-hydrogen) atoms. The highest BCUT2D eigenvalue weighted by atomic mass is 32.2. The first kappa shape index (κ1) is 13.0. The summed E-state index contributed by atoms with van der Waals surface area (Å²) in [5.74, 6) is -1.05. The lowest BCUT2D eigenvalue weighted by Gasteiger charge is -2.01. The molecular weight excluding hydrogens is 256 g/mol. The molecular formula is C7H6N2O7S. The van der Waals surface area contributed by atoms with E-state index in [4.69, 9.17) is 4.55 Å². The minimum Gasteiger partial charge on any atom is -0.285 e. The van der Waals surface area contributed by atoms with Crippen LogP contribution < -0.4 is 0 Å². The van der Waals surface area contributed by atoms with Crippen LogP contribution in [-0.2, 0) is 15.9 Å². The van der Waals surface area contributed by atoms with E-state index >= 15 is 0 Å². The Hall–Kier alpha value is -2.07. The van der Waals surface area contributed by atoms with E-state index in [2.05, 4.69) is 0 Å². The largest absolute Gasteiger partial charge is 0.350 e. The Bertz CT molecular complexity index is 580. The van der Waals surface area contributed by atoms with Gasteiger partial charge in [-0.2, -0.15) is 8.42 Å². The molecule has 10 heteroatoms. The lowest BCUT2D eigenvalue weighted by atomic mass is 10.2. The average Bonchev–Trinajstić information content (AvgIpc) is 2.14. The molecule has 0 aliphatic carbocycles. The molecule has 1 rings (SSSR count). The maximum atomic E-state index is 10.7. The van der Waals surface area contributed by atoms with E-state index in [1.807, 2.05) is 0 Å². The summed E-state index contributed by atoms with van der Waals surface area (Å²) in [6, 6.07) is 3.01. The topological polar surface area (TPSA) is 141 Å². The van der Waals surface area contributed by atoms with Crippen LogP contribution in [0.2, 0.25) is 0 Å². The number of hydrogen-bond acceptors (Lipinski definition) is 6. The van der Waals surface area contributed by atoms with E-state index in [9.17, 15) is 28.6 Å². The molecule has 0 spiro atoms. The molecule has 9 nitrogen and oxygen atoms in total. The van der Waals surface area contributed by atoms with Gasteiger partial charge in [0.25, 0.3) is 10.1 Å². The predicted molar refractivity (Wildman–Crippen MR) is 55.0 cm³/mol. The third kappa shape index (κ3) is 3.19. The van der Waals surface area contributed by atoms with Gasteiger partial charge in [0.05, 0.1) is 15.4 Å². The lowest BCUT2D eigenvalue weighted by Crippen LogP contribution is -2.06. The van der Waals surface area contributed by atoms with Gasteiger partial charge in [0.1, 0.15) is 5.75 Å². The fourth-order valence-corrected chi connectivity index (χ4v) is 1.87. The van der Waals surface area contributed by atoms with E-state index in [0.29, 0.717) is 0 Å². The van der Waals surface area contributed by atoms with Crippen molar-refractivity contribution in [2.24, 2.45) is 0 Å². The molecule has 0 heterocycles. The Labute approximate surface area is 94.7 Å². The van der Waals surface area contributed by atoms with Crippen LogP contribution in [-0.4, -0.2) is 22.8 Å². The summed E-state index contributed by atoms with van der Waals surface area (Å²) in [5.41, 5.74) is -2.20. The standard InChI is InChI=1S/C7H6N2O7S/c10-8(11)6-3-1-2-5(4-17(14,15)16)7(6)9(12)13/h1-3H,4H2,(H,14,15,16). The predicted octanol–water partition coefficient (Wildman–Crippen LogP) is 0.891. The van der Waals surface area contributed by atoms with E-state index in [1.165, 1.54) is 0 Å². The molecule has 0 aromatic heterocycles. The van der Waals surface area contributed by atoms with Crippen LogP contribution in [0.15, 0.2) is 18.2 Å². The Morgan fingerprint density at radius 1 is 1.18 bits per heavy atom. The number of nitrogens with zero attached hydrogens (tertiary/aromatic N) is 2. The number of nitro benzene ring substituents is 2. The first-order valence-corrected chi connectivity index (χ1v) is 5.69. The van der Waals surface area contributed by atoms with Crippen LogP contribution in [0.3, 0.4) is 0 Å². The van der Waals surface area contributed by atoms with Crippen LogP contribution in [0.5, 0.6) is 0 Å². The van der Waals surface area contributed by atoms with Crippen molar-refractivity contribution in [1.82, 2.24) is 0 Å². The van der Waals surface area contributed by atoms with Crippen molar-refractivity contribution in [3.05, 3.63) is 44.0 Å². The number of nitro groups is 2. The molecule has 0 saturated carbocycles. The zero-order chi connectivity index (χ0) is 13.2. The fraction of sp³-hybridized carbons (Fsp3) is 0.143. The summed E-state index contributed by atoms with van der Waals surface area (Å²) >= 11 is 0. The third-order valence-electron chi connectivity index (χ3n) is 1.82. The van der Waals surface area contributed by atoms with Crippen molar-refractivity contribution in [1.29, 1.82) is 0 Å². The molecule has 1 aromatic carbocycles. The van der Waals surface area contributed by atoms with E-state index in [-0.39, 0.29) is 0 Å². The zero-order valence-corrected chi connectivity index (χ0v) is 8.96. The second kappa shape index (κ2) is 4.43. The fourth-order valence-electron chi connectivity index (χ4n) is 1.25. The molecule has 92 valence electrons. The van der Waals surface area contributed by atoms with Crippen molar-refractivity contribution in [3.63, 3.8) is 0 Å². The maximum absolute atomic E-state index is 10.7. The highest BCUT2D eigenvalue weighted by molar-refractivity contribution is 7.85. The molecule has 0 aliphatic rings. The molecule has 1 N–H and O–H groups in total. The highest BCUT2D eigenvalue weighted by Gasteiger charge is 2.29. The zero-order valence-electron chi connectivity index (χ0n) is 8.14. The van der Waals surface area contributed by atoms with Gasteiger partial charge in [-0.15, -0.1) is 0 Å². The molecule has 1 aromatic rings. The summed E-state index contributed by atoms with van der Waals surface area (Å²) in [4.78, 5) is 19.1. The molecule has 0 bridgehead atoms. The van der Waals surface area contributed by atoms with Crippen molar-refractivity contribution < 1.29 is 22.8 Å². The van der Waals surface area contributed by atoms with Gasteiger partial charge < -0.3 is 0 Å². The Morgan fingerprint density at radius 3 is 2.18 bits per heavy atom. The van der Waals surface area contributed by atoms with Crippen LogP contribution in [0.25, 0.3) is 0 Å². The summed E-state index contributed by atoms with van der Waals surface area (Å²) in [6.45, 7) is 0. The maximum Gasteiger partial charge on any atom is 0.350 e. The van der Waals surface area contributed by atoms with Gasteiger partial charge in [-0.1, -0.05) is 12.1 Å². The number of rotatable bonds is 4. The summed E-state index contributed by atoms with van der Waals surface area (Å²) in [7, 11) is -4.50. The van der Waals surface area contributed by atoms with Crippen LogP contribution in [0.4, 0.5) is 11.4 Å². The molecule has 0 aliphatic heterocycles. The Morgan fingerprint density at radius 2 is 1.76 bits per heavy atom. The normalized spacial score (nSPS) is 11.1. The van der Waals surface area contributed by atoms with Crippen molar-refractivity contribution in [2.45, 2.75) is 5.75 Å². The van der Waals surface area contributed by atoms with Gasteiger partial charge >= 0.3 is 11.4 Å². The van der Waals surface area contributed by atoms with E-state index in [0.717, 1.165) is 18.2 Å². The monoisotopic (exact) mass is 262 g/mol. The van der Waals surface area contributed by atoms with Crippen LogP contribution in [0, 0.1) is 20.2 Å². The second-order valence-electron chi connectivity index (χ2n) is 3.03. The minimum atomic E-state index is -4.50. The average molecular weight is 262 g/mol. The smallest absolute Gasteiger partial charge is 0.285 e. The Kier molecular flexibility index (Phi) is 3.39. The van der Waals surface area contributed by atoms with E-state index in [1.54, 1.807) is 0 Å². The first-order chi connectivity index (χ1) is 7.72. The van der Waals surface area contributed by atoms with Crippen LogP contribution in [0.1, 0.15) is 5.56 Å². The first-order valence-electron chi connectivity index (χ1n) is 4.08. The summed E-state index contributed by atoms with van der Waals surface area (Å²) in [5, 5.41) is 21.2. The minimum absolute atomic E-state index is 0.438. The van der Waals surface area contributed by atoms with Crippen LogP contribution >= 0.6 is 0 Å². The van der Waals surface area contributed by atoms with Crippen molar-refractivity contribution >= 4 is 21.5 Å². The van der Waals surface area contributed by atoms with E-state index < -0.39 is 42.7 Å². The second-order valence-corrected chi connectivity index (χ2v) is 4.48. The molecule has 0 radical (unpaired) electrons. The van der Waals surface area contributed by atoms with Crippen molar-refractivity contribution in [2.75, 3.05) is 0 Å². The third-order valence-corrected chi connectivity index (χ3v) is 2.49. The Balaban J connectivity index is 3.46. The SMILES string of the molecule is O=[N+]([O-])c1cccc(CS(=O)(=O)O)c1[N+](=O)[O-]. The molecule has 0 unspecified atom stereocenters. The lowest BCUT2D eigenvalue weighted by molar-refractivity contribution is -0.422. The van der Waals surface area contributed by atoms with Gasteiger partial charge in [0.2, 0.25) is 0 Å². The number of para-hydroxylation sites is 1. The van der Waals surface area contributed by atoms with Gasteiger partial charge in [-0.25, -0.2) is 0 Å². The molecule has 0 amide bonds. The molecule has 0 atom stereocenters. The van der Waals surface area contributed by atoms with Crippen molar-refractivity contribution in [3.8, 4) is 0 Å². The van der Waals surface area contributed by atoms with Gasteiger partial charge in [-0.3, -0.25) is 24.8 Å². The quantitative estimate of drug-likeness (QED) is 0.482.